The second-order valence-corrected chi connectivity index (χ2v) is 9.89. The normalized spacial score (nSPS) is 16.7. The van der Waals surface area contributed by atoms with Crippen molar-refractivity contribution in [3.8, 4) is 17.2 Å². The minimum atomic E-state index is -3.85. The molecule has 0 aromatic heterocycles. The number of aromatic hydroxyl groups is 3. The van der Waals surface area contributed by atoms with Gasteiger partial charge in [0.05, 0.1) is 10.6 Å². The first-order valence-corrected chi connectivity index (χ1v) is 11.8. The number of amides is 1. The molecule has 0 saturated carbocycles. The van der Waals surface area contributed by atoms with Gasteiger partial charge in [0, 0.05) is 11.3 Å². The van der Waals surface area contributed by atoms with Crippen molar-refractivity contribution in [2.45, 2.75) is 17.7 Å². The van der Waals surface area contributed by atoms with Crippen LogP contribution in [0.25, 0.3) is 0 Å². The molecule has 4 N–H and O–H groups in total. The molecule has 0 bridgehead atoms. The van der Waals surface area contributed by atoms with Crippen molar-refractivity contribution in [1.29, 1.82) is 0 Å². The molecular weight excluding hydrogens is 446 g/mol. The van der Waals surface area contributed by atoms with Gasteiger partial charge in [-0.1, -0.05) is 18.2 Å². The quantitative estimate of drug-likeness (QED) is 0.334. The lowest BCUT2D eigenvalue weighted by Gasteiger charge is -2.23. The molecule has 0 saturated heterocycles. The minimum absolute atomic E-state index is 0.177. The fraction of sp³-hybridized carbons (Fsp3) is 0.167. The predicted molar refractivity (Wildman–Crippen MR) is 120 cm³/mol. The number of ketones is 1. The van der Waals surface area contributed by atoms with E-state index in [1.807, 2.05) is 0 Å². The van der Waals surface area contributed by atoms with Gasteiger partial charge in [-0.15, -0.1) is 0 Å². The van der Waals surface area contributed by atoms with Crippen LogP contribution in [0.3, 0.4) is 0 Å². The summed E-state index contributed by atoms with van der Waals surface area (Å²) in [5.74, 6) is -4.03. The number of fused-ring (bicyclic) bond motifs is 1. The Morgan fingerprint density at radius 3 is 2.24 bits per heavy atom. The van der Waals surface area contributed by atoms with E-state index in [2.05, 4.69) is 5.32 Å². The molecule has 1 aliphatic heterocycles. The van der Waals surface area contributed by atoms with E-state index in [1.54, 1.807) is 30.3 Å². The summed E-state index contributed by atoms with van der Waals surface area (Å²) < 4.78 is 25.1. The highest BCUT2D eigenvalue weighted by molar-refractivity contribution is 7.91. The Kier molecular flexibility index (Phi) is 5.82. The summed E-state index contributed by atoms with van der Waals surface area (Å²) in [4.78, 5) is 25.3. The molecule has 33 heavy (non-hydrogen) atoms. The summed E-state index contributed by atoms with van der Waals surface area (Å²) in [6.07, 6.45) is 1.28. The third-order valence-electron chi connectivity index (χ3n) is 5.55. The number of anilines is 1. The zero-order valence-electron chi connectivity index (χ0n) is 17.4. The molecule has 1 atom stereocenters. The van der Waals surface area contributed by atoms with Gasteiger partial charge in [-0.2, -0.15) is 0 Å². The standard InChI is InChI=1S/C24H21NO7S/c26-17-8-10-22-18(12-17)23(29)19(13-33(22,31)32)24(30)25-16-6-3-14(4-7-16)1-2-15-5-9-20(27)21(28)11-15/h3-12,19,26-28H,1-2,13H2,(H,25,30). The number of phenolic OH excluding ortho intramolecular Hbond substituents is 3. The Hall–Kier alpha value is -3.85. The number of carbonyl (C=O) groups excluding carboxylic acids is 2. The molecule has 8 nitrogen and oxygen atoms in total. The van der Waals surface area contributed by atoms with Crippen molar-refractivity contribution in [3.63, 3.8) is 0 Å². The molecule has 1 amide bonds. The van der Waals surface area contributed by atoms with Crippen molar-refractivity contribution >= 4 is 27.2 Å². The second kappa shape index (κ2) is 8.59. The number of hydrogen-bond acceptors (Lipinski definition) is 7. The van der Waals surface area contributed by atoms with Crippen LogP contribution in [0.4, 0.5) is 5.69 Å². The van der Waals surface area contributed by atoms with Crippen LogP contribution in [0, 0.1) is 5.92 Å². The monoisotopic (exact) mass is 467 g/mol. The van der Waals surface area contributed by atoms with Gasteiger partial charge in [0.1, 0.15) is 11.7 Å². The summed E-state index contributed by atoms with van der Waals surface area (Å²) in [5, 5.41) is 31.2. The first kappa shape index (κ1) is 22.3. The minimum Gasteiger partial charge on any atom is -0.508 e. The molecule has 0 radical (unpaired) electrons. The van der Waals surface area contributed by atoms with Crippen LogP contribution in [0.5, 0.6) is 17.2 Å². The zero-order chi connectivity index (χ0) is 23.8. The van der Waals surface area contributed by atoms with Gasteiger partial charge in [0.2, 0.25) is 5.91 Å². The Labute approximate surface area is 190 Å². The van der Waals surface area contributed by atoms with Gasteiger partial charge < -0.3 is 20.6 Å². The maximum absolute atomic E-state index is 12.7. The Morgan fingerprint density at radius 1 is 0.879 bits per heavy atom. The number of rotatable bonds is 5. The van der Waals surface area contributed by atoms with Crippen LogP contribution in [0.15, 0.2) is 65.6 Å². The molecule has 170 valence electrons. The van der Waals surface area contributed by atoms with Gasteiger partial charge in [-0.3, -0.25) is 9.59 Å². The predicted octanol–water partition coefficient (Wildman–Crippen LogP) is 2.81. The fourth-order valence-electron chi connectivity index (χ4n) is 3.75. The number of phenols is 3. The van der Waals surface area contributed by atoms with Gasteiger partial charge in [0.15, 0.2) is 27.1 Å². The highest BCUT2D eigenvalue weighted by Gasteiger charge is 2.41. The average Bonchev–Trinajstić information content (AvgIpc) is 2.78. The summed E-state index contributed by atoms with van der Waals surface area (Å²) in [6, 6.07) is 15.0. The molecular formula is C24H21NO7S. The summed E-state index contributed by atoms with van der Waals surface area (Å²) in [6.45, 7) is 0. The smallest absolute Gasteiger partial charge is 0.236 e. The van der Waals surface area contributed by atoms with E-state index in [9.17, 15) is 33.3 Å². The topological polar surface area (TPSA) is 141 Å². The summed E-state index contributed by atoms with van der Waals surface area (Å²) >= 11 is 0. The van der Waals surface area contributed by atoms with Crippen LogP contribution in [-0.2, 0) is 27.5 Å². The number of hydrogen-bond donors (Lipinski definition) is 4. The SMILES string of the molecule is O=C(Nc1ccc(CCc2ccc(O)c(O)c2)cc1)C1CS(=O)(=O)c2ccc(O)cc2C1=O. The van der Waals surface area contributed by atoms with E-state index >= 15 is 0 Å². The van der Waals surface area contributed by atoms with E-state index in [0.29, 0.717) is 18.5 Å². The van der Waals surface area contributed by atoms with Crippen molar-refractivity contribution in [2.75, 3.05) is 11.1 Å². The Balaban J connectivity index is 1.43. The van der Waals surface area contributed by atoms with Gasteiger partial charge in [0.25, 0.3) is 0 Å². The zero-order valence-corrected chi connectivity index (χ0v) is 18.2. The summed E-state index contributed by atoms with van der Waals surface area (Å²) in [5.41, 5.74) is 2.04. The van der Waals surface area contributed by atoms with Crippen molar-refractivity contribution in [2.24, 2.45) is 5.92 Å². The molecule has 3 aromatic rings. The van der Waals surface area contributed by atoms with Gasteiger partial charge >= 0.3 is 0 Å². The van der Waals surface area contributed by atoms with Crippen molar-refractivity contribution in [1.82, 2.24) is 0 Å². The molecule has 0 fully saturated rings. The molecule has 1 unspecified atom stereocenters. The lowest BCUT2D eigenvalue weighted by atomic mass is 9.97. The molecule has 3 aromatic carbocycles. The molecule has 4 rings (SSSR count). The number of Topliss-reactive ketones (excluding diaryl/α,β-unsaturated/α-hetero) is 1. The number of sulfone groups is 1. The number of carbonyl (C=O) groups is 2. The van der Waals surface area contributed by atoms with E-state index < -0.39 is 33.2 Å². The van der Waals surface area contributed by atoms with Crippen molar-refractivity contribution in [3.05, 3.63) is 77.4 Å². The second-order valence-electron chi connectivity index (χ2n) is 7.89. The number of nitrogens with one attached hydrogen (secondary N) is 1. The maximum Gasteiger partial charge on any atom is 0.236 e. The highest BCUT2D eigenvalue weighted by Crippen LogP contribution is 2.31. The van der Waals surface area contributed by atoms with Crippen LogP contribution in [-0.4, -0.2) is 41.2 Å². The number of aryl methyl sites for hydroxylation is 2. The van der Waals surface area contributed by atoms with Gasteiger partial charge in [-0.25, -0.2) is 8.42 Å². The number of benzene rings is 3. The Bertz CT molecular complexity index is 1350. The molecule has 0 aliphatic carbocycles. The first-order valence-electron chi connectivity index (χ1n) is 10.1. The van der Waals surface area contributed by atoms with E-state index in [-0.39, 0.29) is 27.7 Å². The van der Waals surface area contributed by atoms with Gasteiger partial charge in [-0.05, 0) is 66.4 Å². The first-order chi connectivity index (χ1) is 15.6. The fourth-order valence-corrected chi connectivity index (χ4v) is 5.44. The lowest BCUT2D eigenvalue weighted by Crippen LogP contribution is -2.39. The third-order valence-corrected chi connectivity index (χ3v) is 7.34. The molecule has 0 spiro atoms. The molecule has 1 aliphatic rings. The van der Waals surface area contributed by atoms with Crippen LogP contribution >= 0.6 is 0 Å². The maximum atomic E-state index is 12.7. The lowest BCUT2D eigenvalue weighted by molar-refractivity contribution is -0.118. The highest BCUT2D eigenvalue weighted by atomic mass is 32.2. The molecule has 9 heteroatoms. The van der Waals surface area contributed by atoms with E-state index in [4.69, 9.17) is 0 Å². The van der Waals surface area contributed by atoms with Crippen molar-refractivity contribution < 1.29 is 33.3 Å². The third kappa shape index (κ3) is 4.68. The largest absolute Gasteiger partial charge is 0.508 e. The van der Waals surface area contributed by atoms with E-state index in [1.165, 1.54) is 24.3 Å². The Morgan fingerprint density at radius 2 is 1.55 bits per heavy atom. The van der Waals surface area contributed by atoms with Crippen LogP contribution < -0.4 is 5.32 Å². The van der Waals surface area contributed by atoms with E-state index in [0.717, 1.165) is 17.2 Å². The molecule has 1 heterocycles. The summed E-state index contributed by atoms with van der Waals surface area (Å²) in [7, 11) is -3.85. The van der Waals surface area contributed by atoms with Crippen LogP contribution in [0.1, 0.15) is 21.5 Å². The van der Waals surface area contributed by atoms with Crippen LogP contribution in [0.2, 0.25) is 0 Å². The average molecular weight is 467 g/mol.